The second-order valence-electron chi connectivity index (χ2n) is 3.78. The fourth-order valence-corrected chi connectivity index (χ4v) is 1.67. The summed E-state index contributed by atoms with van der Waals surface area (Å²) in [6.45, 7) is 0.888. The highest BCUT2D eigenvalue weighted by molar-refractivity contribution is 5.97. The standard InChI is InChI=1S/C14H14N2O/c1-15-7-3-2-4-11-5-6-14-13(8-11)12(10-17)9-16-14/h5-6,8-10,15-16H,3,7H2,1H3. The molecule has 2 aromatic rings. The predicted molar refractivity (Wildman–Crippen MR) is 69.1 cm³/mol. The molecule has 0 amide bonds. The van der Waals surface area contributed by atoms with Gasteiger partial charge in [-0.15, -0.1) is 0 Å². The van der Waals surface area contributed by atoms with E-state index in [2.05, 4.69) is 22.1 Å². The summed E-state index contributed by atoms with van der Waals surface area (Å²) in [6.07, 6.45) is 3.40. The van der Waals surface area contributed by atoms with Crippen LogP contribution >= 0.6 is 0 Å². The van der Waals surface area contributed by atoms with E-state index >= 15 is 0 Å². The van der Waals surface area contributed by atoms with Crippen molar-refractivity contribution in [2.75, 3.05) is 13.6 Å². The zero-order valence-electron chi connectivity index (χ0n) is 9.71. The average molecular weight is 226 g/mol. The maximum Gasteiger partial charge on any atom is 0.152 e. The lowest BCUT2D eigenvalue weighted by molar-refractivity contribution is 0.112. The van der Waals surface area contributed by atoms with Gasteiger partial charge in [0, 0.05) is 41.2 Å². The molecular formula is C14H14N2O. The number of hydrogen-bond acceptors (Lipinski definition) is 2. The molecule has 0 atom stereocenters. The topological polar surface area (TPSA) is 44.9 Å². The van der Waals surface area contributed by atoms with Crippen LogP contribution in [0.1, 0.15) is 22.3 Å². The fourth-order valence-electron chi connectivity index (χ4n) is 1.67. The Kier molecular flexibility index (Phi) is 3.59. The lowest BCUT2D eigenvalue weighted by Crippen LogP contribution is -2.05. The molecule has 0 spiro atoms. The third kappa shape index (κ3) is 2.55. The molecule has 0 saturated heterocycles. The largest absolute Gasteiger partial charge is 0.360 e. The molecule has 0 aliphatic rings. The minimum absolute atomic E-state index is 0.680. The highest BCUT2D eigenvalue weighted by Gasteiger charge is 2.02. The molecule has 0 aliphatic carbocycles. The molecule has 2 rings (SSSR count). The van der Waals surface area contributed by atoms with Crippen molar-refractivity contribution >= 4 is 17.2 Å². The Bertz CT molecular complexity index is 587. The number of rotatable bonds is 3. The van der Waals surface area contributed by atoms with Crippen LogP contribution < -0.4 is 5.32 Å². The van der Waals surface area contributed by atoms with Crippen molar-refractivity contribution in [2.24, 2.45) is 0 Å². The van der Waals surface area contributed by atoms with Gasteiger partial charge in [0.15, 0.2) is 6.29 Å². The van der Waals surface area contributed by atoms with Crippen LogP contribution in [0.25, 0.3) is 10.9 Å². The van der Waals surface area contributed by atoms with Gasteiger partial charge in [-0.1, -0.05) is 11.8 Å². The van der Waals surface area contributed by atoms with Gasteiger partial charge in [0.05, 0.1) is 0 Å². The second-order valence-corrected chi connectivity index (χ2v) is 3.78. The first-order valence-electron chi connectivity index (χ1n) is 5.55. The Morgan fingerprint density at radius 3 is 3.12 bits per heavy atom. The van der Waals surface area contributed by atoms with Crippen LogP contribution in [-0.4, -0.2) is 24.9 Å². The number of carbonyl (C=O) groups is 1. The van der Waals surface area contributed by atoms with Crippen LogP contribution in [0.15, 0.2) is 24.4 Å². The third-order valence-corrected chi connectivity index (χ3v) is 2.57. The van der Waals surface area contributed by atoms with E-state index < -0.39 is 0 Å². The summed E-state index contributed by atoms with van der Waals surface area (Å²) in [6, 6.07) is 5.85. The Hall–Kier alpha value is -2.05. The van der Waals surface area contributed by atoms with Crippen LogP contribution in [0, 0.1) is 11.8 Å². The molecule has 0 aliphatic heterocycles. The number of aromatic nitrogens is 1. The maximum absolute atomic E-state index is 10.8. The second kappa shape index (κ2) is 5.33. The molecule has 1 heterocycles. The van der Waals surface area contributed by atoms with E-state index in [4.69, 9.17) is 0 Å². The molecule has 3 heteroatoms. The lowest BCUT2D eigenvalue weighted by Gasteiger charge is -1.93. The summed E-state index contributed by atoms with van der Waals surface area (Å²) in [4.78, 5) is 13.9. The van der Waals surface area contributed by atoms with Gasteiger partial charge in [0.2, 0.25) is 0 Å². The molecule has 0 fully saturated rings. The van der Waals surface area contributed by atoms with Crippen molar-refractivity contribution in [3.63, 3.8) is 0 Å². The summed E-state index contributed by atoms with van der Waals surface area (Å²) >= 11 is 0. The van der Waals surface area contributed by atoms with Crippen LogP contribution in [-0.2, 0) is 0 Å². The smallest absolute Gasteiger partial charge is 0.152 e. The number of carbonyl (C=O) groups excluding carboxylic acids is 1. The van der Waals surface area contributed by atoms with Gasteiger partial charge >= 0.3 is 0 Å². The molecule has 0 radical (unpaired) electrons. The number of aldehydes is 1. The Morgan fingerprint density at radius 2 is 2.35 bits per heavy atom. The minimum atomic E-state index is 0.680. The highest BCUT2D eigenvalue weighted by atomic mass is 16.1. The molecule has 0 saturated carbocycles. The first kappa shape index (κ1) is 11.4. The summed E-state index contributed by atoms with van der Waals surface area (Å²) < 4.78 is 0. The highest BCUT2D eigenvalue weighted by Crippen LogP contribution is 2.17. The first-order chi connectivity index (χ1) is 8.35. The van der Waals surface area contributed by atoms with Gasteiger partial charge in [-0.25, -0.2) is 0 Å². The van der Waals surface area contributed by atoms with E-state index in [0.717, 1.165) is 35.7 Å². The average Bonchev–Trinajstić information content (AvgIpc) is 2.77. The monoisotopic (exact) mass is 226 g/mol. The lowest BCUT2D eigenvalue weighted by atomic mass is 10.1. The summed E-state index contributed by atoms with van der Waals surface area (Å²) in [5, 5.41) is 3.97. The van der Waals surface area contributed by atoms with Crippen molar-refractivity contribution < 1.29 is 4.79 Å². The Morgan fingerprint density at radius 1 is 1.47 bits per heavy atom. The van der Waals surface area contributed by atoms with Crippen molar-refractivity contribution in [1.29, 1.82) is 0 Å². The van der Waals surface area contributed by atoms with Crippen LogP contribution in [0.4, 0.5) is 0 Å². The van der Waals surface area contributed by atoms with Crippen molar-refractivity contribution in [3.05, 3.63) is 35.5 Å². The quantitative estimate of drug-likeness (QED) is 0.477. The molecular weight excluding hydrogens is 212 g/mol. The minimum Gasteiger partial charge on any atom is -0.360 e. The molecule has 1 aromatic heterocycles. The van der Waals surface area contributed by atoms with Crippen LogP contribution in [0.5, 0.6) is 0 Å². The van der Waals surface area contributed by atoms with E-state index in [1.54, 1.807) is 6.20 Å². The molecule has 2 N–H and O–H groups in total. The number of nitrogens with one attached hydrogen (secondary N) is 2. The molecule has 0 unspecified atom stereocenters. The number of fused-ring (bicyclic) bond motifs is 1. The van der Waals surface area contributed by atoms with Gasteiger partial charge in [0.1, 0.15) is 0 Å². The first-order valence-corrected chi connectivity index (χ1v) is 5.55. The summed E-state index contributed by atoms with van der Waals surface area (Å²) in [5.74, 6) is 6.18. The Balaban J connectivity index is 2.29. The van der Waals surface area contributed by atoms with E-state index in [1.165, 1.54) is 0 Å². The van der Waals surface area contributed by atoms with Gasteiger partial charge in [-0.2, -0.15) is 0 Å². The molecule has 3 nitrogen and oxygen atoms in total. The zero-order chi connectivity index (χ0) is 12.1. The van der Waals surface area contributed by atoms with Crippen LogP contribution in [0.2, 0.25) is 0 Å². The predicted octanol–water partition coefficient (Wildman–Crippen LogP) is 1.94. The number of benzene rings is 1. The van der Waals surface area contributed by atoms with Gasteiger partial charge < -0.3 is 10.3 Å². The van der Waals surface area contributed by atoms with E-state index in [-0.39, 0.29) is 0 Å². The number of hydrogen-bond donors (Lipinski definition) is 2. The molecule has 0 bridgehead atoms. The molecule has 86 valence electrons. The SMILES string of the molecule is CNCCC#Cc1ccc2[nH]cc(C=O)c2c1. The molecule has 17 heavy (non-hydrogen) atoms. The third-order valence-electron chi connectivity index (χ3n) is 2.57. The molecule has 1 aromatic carbocycles. The fraction of sp³-hybridized carbons (Fsp3) is 0.214. The van der Waals surface area contributed by atoms with Crippen LogP contribution in [0.3, 0.4) is 0 Å². The maximum atomic E-state index is 10.8. The normalized spacial score (nSPS) is 9.94. The van der Waals surface area contributed by atoms with Crippen molar-refractivity contribution in [2.45, 2.75) is 6.42 Å². The summed E-state index contributed by atoms with van der Waals surface area (Å²) in [5.41, 5.74) is 2.59. The number of H-pyrrole nitrogens is 1. The summed E-state index contributed by atoms with van der Waals surface area (Å²) in [7, 11) is 1.91. The van der Waals surface area contributed by atoms with E-state index in [0.29, 0.717) is 5.56 Å². The van der Waals surface area contributed by atoms with Gasteiger partial charge in [0.25, 0.3) is 0 Å². The zero-order valence-corrected chi connectivity index (χ0v) is 9.71. The van der Waals surface area contributed by atoms with Crippen molar-refractivity contribution in [3.8, 4) is 11.8 Å². The van der Waals surface area contributed by atoms with Gasteiger partial charge in [-0.05, 0) is 25.2 Å². The van der Waals surface area contributed by atoms with Gasteiger partial charge in [-0.3, -0.25) is 4.79 Å². The van der Waals surface area contributed by atoms with E-state index in [9.17, 15) is 4.79 Å². The van der Waals surface area contributed by atoms with Crippen molar-refractivity contribution in [1.82, 2.24) is 10.3 Å². The van der Waals surface area contributed by atoms with E-state index in [1.807, 2.05) is 25.2 Å². The Labute approximate surface area is 100 Å². The number of aromatic amines is 1.